The smallest absolute Gasteiger partial charge is 0.224 e. The normalized spacial score (nSPS) is 11.8. The Morgan fingerprint density at radius 3 is 2.39 bits per heavy atom. The fourth-order valence-electron chi connectivity index (χ4n) is 1.94. The van der Waals surface area contributed by atoms with Crippen LogP contribution in [0.15, 0.2) is 4.99 Å². The Bertz CT molecular complexity index is 565. The van der Waals surface area contributed by atoms with Crippen LogP contribution >= 0.6 is 24.0 Å². The van der Waals surface area contributed by atoms with Crippen molar-refractivity contribution < 1.29 is 4.79 Å². The van der Waals surface area contributed by atoms with Gasteiger partial charge in [0.1, 0.15) is 0 Å². The van der Waals surface area contributed by atoms with E-state index in [1.54, 1.807) is 13.8 Å². The number of amides is 1. The molecule has 0 aliphatic heterocycles. The molecular weight excluding hydrogens is 407 g/mol. The molecule has 0 aromatic carbocycles. The predicted molar refractivity (Wildman–Crippen MR) is 104 cm³/mol. The van der Waals surface area contributed by atoms with E-state index >= 15 is 0 Å². The number of guanidine groups is 1. The summed E-state index contributed by atoms with van der Waals surface area (Å²) in [4.78, 5) is 15.9. The van der Waals surface area contributed by atoms with Crippen LogP contribution in [0.4, 0.5) is 0 Å². The third kappa shape index (κ3) is 6.00. The Kier molecular flexibility index (Phi) is 8.57. The van der Waals surface area contributed by atoms with Crippen molar-refractivity contribution in [3.8, 4) is 0 Å². The molecule has 1 rings (SSSR count). The largest absolute Gasteiger partial charge is 0.369 e. The summed E-state index contributed by atoms with van der Waals surface area (Å²) in [6.45, 7) is 11.3. The second-order valence-corrected chi connectivity index (χ2v) is 6.07. The number of nitrogens with one attached hydrogen (secondary N) is 2. The number of primary amides is 1. The van der Waals surface area contributed by atoms with Gasteiger partial charge in [0, 0.05) is 31.4 Å². The molecule has 1 aromatic rings. The van der Waals surface area contributed by atoms with Gasteiger partial charge in [0.05, 0.1) is 17.7 Å². The zero-order valence-corrected chi connectivity index (χ0v) is 17.2. The number of nitrogens with zero attached hydrogens (tertiary/aromatic N) is 3. The van der Waals surface area contributed by atoms with Gasteiger partial charge in [-0.05, 0) is 34.6 Å². The first-order valence-electron chi connectivity index (χ1n) is 7.50. The van der Waals surface area contributed by atoms with Crippen molar-refractivity contribution in [2.24, 2.45) is 23.2 Å². The quantitative estimate of drug-likeness (QED) is 0.355. The molecule has 0 atom stereocenters. The van der Waals surface area contributed by atoms with E-state index in [2.05, 4.69) is 20.7 Å². The maximum Gasteiger partial charge on any atom is 0.224 e. The summed E-state index contributed by atoms with van der Waals surface area (Å²) >= 11 is 0. The van der Waals surface area contributed by atoms with Gasteiger partial charge in [-0.2, -0.15) is 5.10 Å². The van der Waals surface area contributed by atoms with Gasteiger partial charge in [-0.1, -0.05) is 0 Å². The SMILES string of the molecule is CCNC(=NCc1c(C)nn(C)c1C)NCC(C)(C)C(N)=O.I. The number of nitrogens with two attached hydrogens (primary N) is 1. The van der Waals surface area contributed by atoms with Crippen LogP contribution in [-0.2, 0) is 18.4 Å². The molecule has 132 valence electrons. The van der Waals surface area contributed by atoms with E-state index in [9.17, 15) is 4.79 Å². The average molecular weight is 436 g/mol. The molecular formula is C15H29IN6O. The molecule has 0 radical (unpaired) electrons. The van der Waals surface area contributed by atoms with E-state index in [0.29, 0.717) is 19.0 Å². The van der Waals surface area contributed by atoms with Gasteiger partial charge in [-0.25, -0.2) is 4.99 Å². The first-order valence-corrected chi connectivity index (χ1v) is 7.50. The van der Waals surface area contributed by atoms with Gasteiger partial charge >= 0.3 is 0 Å². The van der Waals surface area contributed by atoms with E-state index in [-0.39, 0.29) is 29.9 Å². The highest BCUT2D eigenvalue weighted by atomic mass is 127. The molecule has 7 nitrogen and oxygen atoms in total. The fourth-order valence-corrected chi connectivity index (χ4v) is 1.94. The third-order valence-electron chi connectivity index (χ3n) is 3.76. The summed E-state index contributed by atoms with van der Waals surface area (Å²) in [6.07, 6.45) is 0. The van der Waals surface area contributed by atoms with Gasteiger partial charge in [0.15, 0.2) is 5.96 Å². The van der Waals surface area contributed by atoms with Crippen molar-refractivity contribution >= 4 is 35.8 Å². The van der Waals surface area contributed by atoms with Crippen LogP contribution in [-0.4, -0.2) is 34.7 Å². The number of carbonyl (C=O) groups excluding carboxylic acids is 1. The van der Waals surface area contributed by atoms with Gasteiger partial charge < -0.3 is 16.4 Å². The Morgan fingerprint density at radius 1 is 1.35 bits per heavy atom. The molecule has 0 fully saturated rings. The molecule has 1 heterocycles. The number of hydrogen-bond acceptors (Lipinski definition) is 3. The summed E-state index contributed by atoms with van der Waals surface area (Å²) in [6, 6.07) is 0. The van der Waals surface area contributed by atoms with Crippen LogP contribution in [0.1, 0.15) is 37.7 Å². The van der Waals surface area contributed by atoms with Crippen molar-refractivity contribution in [1.29, 1.82) is 0 Å². The van der Waals surface area contributed by atoms with E-state index in [4.69, 9.17) is 5.73 Å². The summed E-state index contributed by atoms with van der Waals surface area (Å²) in [5.74, 6) is 0.328. The van der Waals surface area contributed by atoms with Crippen LogP contribution in [0.3, 0.4) is 0 Å². The van der Waals surface area contributed by atoms with Crippen molar-refractivity contribution in [2.45, 2.75) is 41.2 Å². The molecule has 4 N–H and O–H groups in total. The molecule has 0 saturated heterocycles. The lowest BCUT2D eigenvalue weighted by molar-refractivity contribution is -0.125. The van der Waals surface area contributed by atoms with E-state index < -0.39 is 5.41 Å². The van der Waals surface area contributed by atoms with Gasteiger partial charge in [0.2, 0.25) is 5.91 Å². The Hall–Kier alpha value is -1.32. The predicted octanol–water partition coefficient (Wildman–Crippen LogP) is 1.22. The van der Waals surface area contributed by atoms with Crippen LogP contribution in [0, 0.1) is 19.3 Å². The lowest BCUT2D eigenvalue weighted by atomic mass is 9.93. The Balaban J connectivity index is 0.00000484. The molecule has 0 aliphatic carbocycles. The number of aromatic nitrogens is 2. The highest BCUT2D eigenvalue weighted by molar-refractivity contribution is 14.0. The number of carbonyl (C=O) groups is 1. The number of rotatable bonds is 6. The Labute approximate surface area is 155 Å². The molecule has 8 heteroatoms. The lowest BCUT2D eigenvalue weighted by Crippen LogP contribution is -2.46. The molecule has 1 aromatic heterocycles. The van der Waals surface area contributed by atoms with Gasteiger partial charge in [-0.15, -0.1) is 24.0 Å². The summed E-state index contributed by atoms with van der Waals surface area (Å²) < 4.78 is 1.86. The first kappa shape index (κ1) is 21.7. The molecule has 0 spiro atoms. The van der Waals surface area contributed by atoms with Crippen molar-refractivity contribution in [1.82, 2.24) is 20.4 Å². The van der Waals surface area contributed by atoms with Gasteiger partial charge in [0.25, 0.3) is 0 Å². The summed E-state index contributed by atoms with van der Waals surface area (Å²) in [5, 5.41) is 10.7. The summed E-state index contributed by atoms with van der Waals surface area (Å²) in [5.41, 5.74) is 7.97. The number of aryl methyl sites for hydroxylation is 2. The third-order valence-corrected chi connectivity index (χ3v) is 3.76. The monoisotopic (exact) mass is 436 g/mol. The van der Waals surface area contributed by atoms with Crippen molar-refractivity contribution in [3.05, 3.63) is 17.0 Å². The minimum atomic E-state index is -0.629. The number of hydrogen-bond donors (Lipinski definition) is 3. The highest BCUT2D eigenvalue weighted by Gasteiger charge is 2.25. The number of halogens is 1. The molecule has 0 aliphatic rings. The molecule has 23 heavy (non-hydrogen) atoms. The van der Waals surface area contributed by atoms with Crippen LogP contribution in [0.5, 0.6) is 0 Å². The molecule has 0 saturated carbocycles. The van der Waals surface area contributed by atoms with E-state index in [1.807, 2.05) is 32.5 Å². The maximum atomic E-state index is 11.4. The molecule has 1 amide bonds. The van der Waals surface area contributed by atoms with Crippen LogP contribution < -0.4 is 16.4 Å². The zero-order valence-electron chi connectivity index (χ0n) is 14.9. The van der Waals surface area contributed by atoms with E-state index in [1.165, 1.54) is 0 Å². The van der Waals surface area contributed by atoms with Crippen LogP contribution in [0.25, 0.3) is 0 Å². The topological polar surface area (TPSA) is 97.3 Å². The highest BCUT2D eigenvalue weighted by Crippen LogP contribution is 2.13. The van der Waals surface area contributed by atoms with Crippen molar-refractivity contribution in [2.75, 3.05) is 13.1 Å². The second-order valence-electron chi connectivity index (χ2n) is 6.07. The molecule has 0 unspecified atom stereocenters. The zero-order chi connectivity index (χ0) is 16.9. The molecule has 0 bridgehead atoms. The minimum Gasteiger partial charge on any atom is -0.369 e. The Morgan fingerprint density at radius 2 is 1.96 bits per heavy atom. The number of aliphatic imine (C=N–C) groups is 1. The average Bonchev–Trinajstić information content (AvgIpc) is 2.67. The fraction of sp³-hybridized carbons (Fsp3) is 0.667. The van der Waals surface area contributed by atoms with Gasteiger partial charge in [-0.3, -0.25) is 9.48 Å². The van der Waals surface area contributed by atoms with E-state index in [0.717, 1.165) is 23.5 Å². The maximum absolute atomic E-state index is 11.4. The standard InChI is InChI=1S/C15H28N6O.HI/c1-7-17-14(19-9-15(4,5)13(16)22)18-8-12-10(2)20-21(6)11(12)3;/h7-9H2,1-6H3,(H2,16,22)(H2,17,18,19);1H. The van der Waals surface area contributed by atoms with Crippen molar-refractivity contribution in [3.63, 3.8) is 0 Å². The summed E-state index contributed by atoms with van der Waals surface area (Å²) in [7, 11) is 1.92. The van der Waals surface area contributed by atoms with Crippen LogP contribution in [0.2, 0.25) is 0 Å². The first-order chi connectivity index (χ1) is 10.2. The lowest BCUT2D eigenvalue weighted by Gasteiger charge is -2.22. The minimum absolute atomic E-state index is 0. The second kappa shape index (κ2) is 9.09.